The van der Waals surface area contributed by atoms with Gasteiger partial charge in [0.05, 0.1) is 17.7 Å². The molecule has 1 aromatic heterocycles. The smallest absolute Gasteiger partial charge is 0.347 e. The summed E-state index contributed by atoms with van der Waals surface area (Å²) in [6.07, 6.45) is 0.890. The van der Waals surface area contributed by atoms with Gasteiger partial charge in [0, 0.05) is 0 Å². The molecule has 5 nitrogen and oxygen atoms in total. The van der Waals surface area contributed by atoms with Crippen LogP contribution in [0.15, 0.2) is 30.3 Å². The van der Waals surface area contributed by atoms with E-state index in [0.717, 1.165) is 23.3 Å². The first-order valence-corrected chi connectivity index (χ1v) is 9.22. The number of aromatic nitrogens is 1. The second-order valence-electron chi connectivity index (χ2n) is 6.28. The average molecular weight is 360 g/mol. The van der Waals surface area contributed by atoms with E-state index >= 15 is 0 Å². The van der Waals surface area contributed by atoms with Gasteiger partial charge in [0.2, 0.25) is 5.91 Å². The Morgan fingerprint density at radius 1 is 1.24 bits per heavy atom. The van der Waals surface area contributed by atoms with E-state index in [1.165, 1.54) is 0 Å². The third-order valence-electron chi connectivity index (χ3n) is 4.39. The van der Waals surface area contributed by atoms with Crippen LogP contribution in [0.5, 0.6) is 0 Å². The summed E-state index contributed by atoms with van der Waals surface area (Å²) in [4.78, 5) is 28.6. The SMILES string of the molecule is CCC(C)C(C(=O)NC(C)c1nc(C)c(C(=O)O)s1)c1ccccc1. The van der Waals surface area contributed by atoms with Crippen LogP contribution >= 0.6 is 11.3 Å². The number of hydrogen-bond donors (Lipinski definition) is 2. The Labute approximate surface area is 152 Å². The van der Waals surface area contributed by atoms with Crippen LogP contribution in [0.4, 0.5) is 0 Å². The number of nitrogens with zero attached hydrogens (tertiary/aromatic N) is 1. The summed E-state index contributed by atoms with van der Waals surface area (Å²) in [6, 6.07) is 9.41. The maximum absolute atomic E-state index is 12.9. The quantitative estimate of drug-likeness (QED) is 0.777. The minimum Gasteiger partial charge on any atom is -0.477 e. The van der Waals surface area contributed by atoms with Crippen molar-refractivity contribution in [2.75, 3.05) is 0 Å². The van der Waals surface area contributed by atoms with E-state index in [4.69, 9.17) is 5.11 Å². The molecule has 3 atom stereocenters. The highest BCUT2D eigenvalue weighted by Crippen LogP contribution is 2.29. The molecule has 0 fully saturated rings. The van der Waals surface area contributed by atoms with E-state index in [1.807, 2.05) is 37.3 Å². The van der Waals surface area contributed by atoms with Gasteiger partial charge in [0.1, 0.15) is 9.88 Å². The first-order valence-electron chi connectivity index (χ1n) is 8.41. The lowest BCUT2D eigenvalue weighted by atomic mass is 9.84. The number of aryl methyl sites for hydroxylation is 1. The Bertz CT molecular complexity index is 742. The Kier molecular flexibility index (Phi) is 6.31. The van der Waals surface area contributed by atoms with Crippen molar-refractivity contribution >= 4 is 23.2 Å². The van der Waals surface area contributed by atoms with E-state index < -0.39 is 5.97 Å². The number of amides is 1. The van der Waals surface area contributed by atoms with Gasteiger partial charge in [-0.25, -0.2) is 9.78 Å². The predicted molar refractivity (Wildman–Crippen MR) is 99.0 cm³/mol. The van der Waals surface area contributed by atoms with E-state index in [0.29, 0.717) is 10.7 Å². The minimum atomic E-state index is -0.985. The van der Waals surface area contributed by atoms with Gasteiger partial charge in [0.15, 0.2) is 0 Å². The summed E-state index contributed by atoms with van der Waals surface area (Å²) in [6.45, 7) is 7.64. The van der Waals surface area contributed by atoms with Crippen molar-refractivity contribution in [3.63, 3.8) is 0 Å². The van der Waals surface area contributed by atoms with Crippen LogP contribution in [0, 0.1) is 12.8 Å². The van der Waals surface area contributed by atoms with Crippen LogP contribution in [0.3, 0.4) is 0 Å². The predicted octanol–water partition coefficient (Wildman–Crippen LogP) is 4.16. The second-order valence-corrected chi connectivity index (χ2v) is 7.31. The zero-order valence-corrected chi connectivity index (χ0v) is 15.8. The molecule has 0 saturated carbocycles. The molecule has 0 aliphatic heterocycles. The number of carboxylic acid groups (broad SMARTS) is 1. The van der Waals surface area contributed by atoms with Gasteiger partial charge >= 0.3 is 5.97 Å². The van der Waals surface area contributed by atoms with Gasteiger partial charge in [-0.15, -0.1) is 11.3 Å². The van der Waals surface area contributed by atoms with Crippen LogP contribution < -0.4 is 5.32 Å². The molecule has 0 bridgehead atoms. The summed E-state index contributed by atoms with van der Waals surface area (Å²) in [5.41, 5.74) is 1.47. The first-order chi connectivity index (χ1) is 11.8. The number of aromatic carboxylic acids is 1. The number of hydrogen-bond acceptors (Lipinski definition) is 4. The Hall–Kier alpha value is -2.21. The van der Waals surface area contributed by atoms with Crippen molar-refractivity contribution in [2.45, 2.75) is 46.1 Å². The maximum atomic E-state index is 12.9. The van der Waals surface area contributed by atoms with Gasteiger partial charge in [-0.3, -0.25) is 4.79 Å². The topological polar surface area (TPSA) is 79.3 Å². The average Bonchev–Trinajstić information content (AvgIpc) is 2.98. The molecule has 134 valence electrons. The second kappa shape index (κ2) is 8.25. The number of nitrogens with one attached hydrogen (secondary N) is 1. The minimum absolute atomic E-state index is 0.0576. The van der Waals surface area contributed by atoms with E-state index in [-0.39, 0.29) is 28.7 Å². The lowest BCUT2D eigenvalue weighted by molar-refractivity contribution is -0.124. The number of carbonyl (C=O) groups excluding carboxylic acids is 1. The molecule has 3 unspecified atom stereocenters. The lowest BCUT2D eigenvalue weighted by Crippen LogP contribution is -2.34. The highest BCUT2D eigenvalue weighted by Gasteiger charge is 2.28. The van der Waals surface area contributed by atoms with Crippen molar-refractivity contribution in [2.24, 2.45) is 5.92 Å². The summed E-state index contributed by atoms with van der Waals surface area (Å²) >= 11 is 1.11. The third-order valence-corrected chi connectivity index (χ3v) is 5.72. The van der Waals surface area contributed by atoms with Crippen LogP contribution in [0.1, 0.15) is 65.1 Å². The molecule has 2 rings (SSSR count). The highest BCUT2D eigenvalue weighted by atomic mass is 32.1. The van der Waals surface area contributed by atoms with Crippen LogP contribution in [-0.2, 0) is 4.79 Å². The first kappa shape index (κ1) is 19.1. The summed E-state index contributed by atoms with van der Waals surface area (Å²) < 4.78 is 0. The third kappa shape index (κ3) is 4.45. The van der Waals surface area contributed by atoms with Gasteiger partial charge in [-0.1, -0.05) is 50.6 Å². The summed E-state index contributed by atoms with van der Waals surface area (Å²) in [5.74, 6) is -1.09. The van der Waals surface area contributed by atoms with Crippen molar-refractivity contribution in [1.82, 2.24) is 10.3 Å². The van der Waals surface area contributed by atoms with Crippen molar-refractivity contribution in [3.05, 3.63) is 51.5 Å². The number of benzene rings is 1. The zero-order chi connectivity index (χ0) is 18.6. The molecule has 0 aliphatic rings. The normalized spacial score (nSPS) is 14.6. The molecular weight excluding hydrogens is 336 g/mol. The van der Waals surface area contributed by atoms with E-state index in [2.05, 4.69) is 24.1 Å². The number of rotatable bonds is 7. The molecule has 2 aromatic rings. The molecule has 6 heteroatoms. The van der Waals surface area contributed by atoms with Crippen LogP contribution in [0.2, 0.25) is 0 Å². The van der Waals surface area contributed by atoms with Gasteiger partial charge in [-0.05, 0) is 25.3 Å². The van der Waals surface area contributed by atoms with Gasteiger partial charge in [0.25, 0.3) is 0 Å². The lowest BCUT2D eigenvalue weighted by Gasteiger charge is -2.24. The van der Waals surface area contributed by atoms with E-state index in [9.17, 15) is 9.59 Å². The fourth-order valence-electron chi connectivity index (χ4n) is 2.80. The van der Waals surface area contributed by atoms with Crippen LogP contribution in [-0.4, -0.2) is 22.0 Å². The molecule has 2 N–H and O–H groups in total. The number of carbonyl (C=O) groups is 2. The molecule has 0 aliphatic carbocycles. The zero-order valence-electron chi connectivity index (χ0n) is 14.9. The fraction of sp³-hybridized carbons (Fsp3) is 0.421. The Morgan fingerprint density at radius 3 is 2.40 bits per heavy atom. The van der Waals surface area contributed by atoms with Crippen LogP contribution in [0.25, 0.3) is 0 Å². The summed E-state index contributed by atoms with van der Waals surface area (Å²) in [7, 11) is 0. The molecule has 0 radical (unpaired) electrons. The molecule has 1 heterocycles. The Balaban J connectivity index is 2.20. The largest absolute Gasteiger partial charge is 0.477 e. The molecule has 0 spiro atoms. The fourth-order valence-corrected chi connectivity index (χ4v) is 3.71. The molecule has 25 heavy (non-hydrogen) atoms. The highest BCUT2D eigenvalue weighted by molar-refractivity contribution is 7.13. The molecule has 0 saturated heterocycles. The molecule has 1 amide bonds. The van der Waals surface area contributed by atoms with Crippen molar-refractivity contribution in [3.8, 4) is 0 Å². The molecular formula is C19H24N2O3S. The number of thiazole rings is 1. The summed E-state index contributed by atoms with van der Waals surface area (Å²) in [5, 5.41) is 12.8. The van der Waals surface area contributed by atoms with Crippen molar-refractivity contribution < 1.29 is 14.7 Å². The van der Waals surface area contributed by atoms with Gasteiger partial charge in [-0.2, -0.15) is 0 Å². The molecule has 1 aromatic carbocycles. The van der Waals surface area contributed by atoms with Gasteiger partial charge < -0.3 is 10.4 Å². The monoisotopic (exact) mass is 360 g/mol. The number of carboxylic acids is 1. The maximum Gasteiger partial charge on any atom is 0.347 e. The van der Waals surface area contributed by atoms with Crippen molar-refractivity contribution in [1.29, 1.82) is 0 Å². The van der Waals surface area contributed by atoms with E-state index in [1.54, 1.807) is 6.92 Å². The Morgan fingerprint density at radius 2 is 1.88 bits per heavy atom. The standard InChI is InChI=1S/C19H24N2O3S/c1-5-11(2)15(14-9-7-6-8-10-14)17(22)20-13(4)18-21-12(3)16(25-18)19(23)24/h6-11,13,15H,5H2,1-4H3,(H,20,22)(H,23,24).